The van der Waals surface area contributed by atoms with Crippen LogP contribution < -0.4 is 10.2 Å². The van der Waals surface area contributed by atoms with Gasteiger partial charge in [-0.05, 0) is 76.9 Å². The van der Waals surface area contributed by atoms with E-state index in [-0.39, 0.29) is 6.17 Å². The van der Waals surface area contributed by atoms with Crippen molar-refractivity contribution in [3.8, 4) is 22.3 Å². The zero-order chi connectivity index (χ0) is 41.7. The molecule has 298 valence electrons. The van der Waals surface area contributed by atoms with Gasteiger partial charge in [-0.15, -0.1) is 0 Å². The molecule has 0 aliphatic carbocycles. The van der Waals surface area contributed by atoms with Gasteiger partial charge in [-0.2, -0.15) is 0 Å². The van der Waals surface area contributed by atoms with Crippen molar-refractivity contribution in [3.63, 3.8) is 0 Å². The third-order valence-corrected chi connectivity index (χ3v) is 12.0. The topological polar surface area (TPSA) is 66.3 Å². The molecule has 1 N–H and O–H groups in total. The Morgan fingerprint density at radius 3 is 1.75 bits per heavy atom. The summed E-state index contributed by atoms with van der Waals surface area (Å²) in [6, 6.07) is 75.8. The second-order valence-electron chi connectivity index (χ2n) is 15.8. The Balaban J connectivity index is 0.992. The molecule has 0 bridgehead atoms. The Bertz CT molecular complexity index is 3520. The molecule has 63 heavy (non-hydrogen) atoms. The van der Waals surface area contributed by atoms with Crippen LogP contribution in [0.4, 0.5) is 17.1 Å². The average Bonchev–Trinajstić information content (AvgIpc) is 3.94. The zero-order valence-electron chi connectivity index (χ0n) is 34.0. The van der Waals surface area contributed by atoms with E-state index in [2.05, 4.69) is 162 Å². The number of aliphatic imine (C=N–C) groups is 2. The van der Waals surface area contributed by atoms with Gasteiger partial charge in [-0.3, -0.25) is 0 Å². The molecule has 0 fully saturated rings. The lowest BCUT2D eigenvalue weighted by Crippen LogP contribution is -2.33. The molecule has 6 heteroatoms. The van der Waals surface area contributed by atoms with Crippen molar-refractivity contribution in [1.82, 2.24) is 5.32 Å². The number of anilines is 3. The van der Waals surface area contributed by atoms with Crippen LogP contribution in [0.15, 0.2) is 237 Å². The third kappa shape index (κ3) is 6.53. The molecule has 0 radical (unpaired) electrons. The van der Waals surface area contributed by atoms with Gasteiger partial charge in [0.1, 0.15) is 34.3 Å². The molecule has 11 aromatic rings. The number of benzene rings is 9. The molecule has 1 aliphatic heterocycles. The monoisotopic (exact) mass is 810 g/mol. The molecule has 9 aromatic carbocycles. The SMILES string of the molecule is c1ccc(C2=NC(c3ccccc3)NC(c3cccc4oc5ccc(N(c6ccc(-c7ccccc7)cc6)c6ccc(-c7cccc8c7oc7ccccc78)cc6)cc5c34)=N2)cc1. The quantitative estimate of drug-likeness (QED) is 0.166. The molecular formula is C57H38N4O2. The van der Waals surface area contributed by atoms with E-state index in [1.54, 1.807) is 0 Å². The van der Waals surface area contributed by atoms with Crippen molar-refractivity contribution in [2.24, 2.45) is 9.98 Å². The van der Waals surface area contributed by atoms with E-state index in [0.717, 1.165) is 100 Å². The van der Waals surface area contributed by atoms with Crippen molar-refractivity contribution in [2.45, 2.75) is 6.17 Å². The van der Waals surface area contributed by atoms with Gasteiger partial charge in [0, 0.05) is 55.3 Å². The normalized spacial score (nSPS) is 13.9. The van der Waals surface area contributed by atoms with Crippen LogP contribution in [0.2, 0.25) is 0 Å². The summed E-state index contributed by atoms with van der Waals surface area (Å²) < 4.78 is 13.0. The van der Waals surface area contributed by atoms with Crippen LogP contribution in [-0.4, -0.2) is 11.7 Å². The lowest BCUT2D eigenvalue weighted by Gasteiger charge is -2.26. The first-order valence-electron chi connectivity index (χ1n) is 21.2. The highest BCUT2D eigenvalue weighted by atomic mass is 16.3. The predicted octanol–water partition coefficient (Wildman–Crippen LogP) is 14.8. The first kappa shape index (κ1) is 36.4. The molecule has 0 saturated carbocycles. The molecular weight excluding hydrogens is 773 g/mol. The minimum Gasteiger partial charge on any atom is -0.456 e. The minimum absolute atomic E-state index is 0.325. The van der Waals surface area contributed by atoms with Crippen molar-refractivity contribution in [1.29, 1.82) is 0 Å². The highest BCUT2D eigenvalue weighted by molar-refractivity contribution is 6.22. The Hall–Kier alpha value is -8.48. The number of rotatable bonds is 8. The maximum absolute atomic E-state index is 6.60. The van der Waals surface area contributed by atoms with Crippen molar-refractivity contribution in [2.75, 3.05) is 4.90 Å². The van der Waals surface area contributed by atoms with E-state index in [1.807, 2.05) is 66.7 Å². The number of furan rings is 2. The van der Waals surface area contributed by atoms with E-state index < -0.39 is 0 Å². The van der Waals surface area contributed by atoms with Crippen LogP contribution in [0, 0.1) is 0 Å². The number of fused-ring (bicyclic) bond motifs is 6. The molecule has 1 unspecified atom stereocenters. The van der Waals surface area contributed by atoms with Crippen molar-refractivity contribution in [3.05, 3.63) is 235 Å². The molecule has 0 amide bonds. The molecule has 0 saturated heterocycles. The third-order valence-electron chi connectivity index (χ3n) is 12.0. The van der Waals surface area contributed by atoms with E-state index in [9.17, 15) is 0 Å². The standard InChI is InChI=1S/C57H38N4O2/c1-4-14-37(15-5-1)38-26-30-42(31-27-38)61(43-32-28-39(29-33-43)45-21-12-22-47-46-20-10-11-24-50(46)63-54(45)47)44-34-35-51-49(36-44)53-48(23-13-25-52(53)62-51)57-59-55(40-16-6-2-7-17-40)58-56(60-57)41-18-8-3-9-19-41/h1-36,55H,(H,58,59,60). The number of para-hydroxylation sites is 2. The summed E-state index contributed by atoms with van der Waals surface area (Å²) in [7, 11) is 0. The van der Waals surface area contributed by atoms with Gasteiger partial charge in [-0.1, -0.05) is 164 Å². The fraction of sp³-hybridized carbons (Fsp3) is 0.0175. The zero-order valence-corrected chi connectivity index (χ0v) is 34.0. The molecule has 6 nitrogen and oxygen atoms in total. The number of amidine groups is 2. The minimum atomic E-state index is -0.325. The molecule has 3 heterocycles. The van der Waals surface area contributed by atoms with E-state index in [0.29, 0.717) is 5.84 Å². The van der Waals surface area contributed by atoms with Crippen molar-refractivity contribution >= 4 is 72.6 Å². The van der Waals surface area contributed by atoms with E-state index >= 15 is 0 Å². The fourth-order valence-electron chi connectivity index (χ4n) is 8.91. The van der Waals surface area contributed by atoms with Gasteiger partial charge in [-0.25, -0.2) is 9.98 Å². The van der Waals surface area contributed by atoms with Crippen LogP contribution in [0.3, 0.4) is 0 Å². The summed E-state index contributed by atoms with van der Waals surface area (Å²) in [5.41, 5.74) is 13.8. The molecule has 2 aromatic heterocycles. The summed E-state index contributed by atoms with van der Waals surface area (Å²) >= 11 is 0. The van der Waals surface area contributed by atoms with Gasteiger partial charge in [0.2, 0.25) is 0 Å². The summed E-state index contributed by atoms with van der Waals surface area (Å²) in [5.74, 6) is 1.41. The summed E-state index contributed by atoms with van der Waals surface area (Å²) in [5, 5.41) is 7.88. The van der Waals surface area contributed by atoms with Crippen LogP contribution in [0.1, 0.15) is 22.9 Å². The number of hydrogen-bond donors (Lipinski definition) is 1. The smallest absolute Gasteiger partial charge is 0.159 e. The van der Waals surface area contributed by atoms with Crippen LogP contribution in [-0.2, 0) is 0 Å². The first-order chi connectivity index (χ1) is 31.2. The lowest BCUT2D eigenvalue weighted by molar-refractivity contribution is 0.667. The van der Waals surface area contributed by atoms with Gasteiger partial charge < -0.3 is 19.1 Å². The summed E-state index contributed by atoms with van der Waals surface area (Å²) in [6.07, 6.45) is -0.325. The molecule has 12 rings (SSSR count). The Labute approximate surface area is 363 Å². The molecule has 1 atom stereocenters. The maximum atomic E-state index is 6.60. The van der Waals surface area contributed by atoms with Gasteiger partial charge in [0.15, 0.2) is 5.84 Å². The summed E-state index contributed by atoms with van der Waals surface area (Å²) in [6.45, 7) is 0. The van der Waals surface area contributed by atoms with E-state index in [1.165, 1.54) is 5.56 Å². The van der Waals surface area contributed by atoms with Crippen molar-refractivity contribution < 1.29 is 8.83 Å². The van der Waals surface area contributed by atoms with Crippen LogP contribution >= 0.6 is 0 Å². The number of hydrogen-bond acceptors (Lipinski definition) is 6. The highest BCUT2D eigenvalue weighted by Crippen LogP contribution is 2.42. The van der Waals surface area contributed by atoms with Crippen LogP contribution in [0.25, 0.3) is 66.1 Å². The Morgan fingerprint density at radius 1 is 0.413 bits per heavy atom. The van der Waals surface area contributed by atoms with E-state index in [4.69, 9.17) is 18.8 Å². The second kappa shape index (κ2) is 15.2. The van der Waals surface area contributed by atoms with Gasteiger partial charge in [0.05, 0.1) is 0 Å². The fourth-order valence-corrected chi connectivity index (χ4v) is 8.91. The largest absolute Gasteiger partial charge is 0.456 e. The number of nitrogens with zero attached hydrogens (tertiary/aromatic N) is 3. The summed E-state index contributed by atoms with van der Waals surface area (Å²) in [4.78, 5) is 12.6. The predicted molar refractivity (Wildman–Crippen MR) is 258 cm³/mol. The van der Waals surface area contributed by atoms with Gasteiger partial charge >= 0.3 is 0 Å². The Morgan fingerprint density at radius 2 is 0.984 bits per heavy atom. The maximum Gasteiger partial charge on any atom is 0.159 e. The van der Waals surface area contributed by atoms with Crippen LogP contribution in [0.5, 0.6) is 0 Å². The molecule has 1 aliphatic rings. The second-order valence-corrected chi connectivity index (χ2v) is 15.8. The Kier molecular flexibility index (Phi) is 8.78. The average molecular weight is 811 g/mol. The lowest BCUT2D eigenvalue weighted by atomic mass is 10.0. The number of nitrogens with one attached hydrogen (secondary N) is 1. The molecule has 0 spiro atoms. The van der Waals surface area contributed by atoms with Gasteiger partial charge in [0.25, 0.3) is 0 Å². The highest BCUT2D eigenvalue weighted by Gasteiger charge is 2.25. The first-order valence-corrected chi connectivity index (χ1v) is 21.2.